The number of benzene rings is 3. The number of carbonyl (C=O) groups excluding carboxylic acids is 2. The Bertz CT molecular complexity index is 1850. The van der Waals surface area contributed by atoms with E-state index in [2.05, 4.69) is 25.1 Å². The smallest absolute Gasteiger partial charge is 0.406 e. The molecule has 5 rings (SSSR count). The van der Waals surface area contributed by atoms with E-state index in [4.69, 9.17) is 0 Å². The zero-order valence-corrected chi connectivity index (χ0v) is 26.5. The maximum atomic E-state index is 14.1. The Morgan fingerprint density at radius 2 is 1.75 bits per heavy atom. The number of aliphatic imine (C=N–C) groups is 1. The minimum absolute atomic E-state index is 0.0242. The van der Waals surface area contributed by atoms with Gasteiger partial charge in [-0.05, 0) is 78.4 Å². The summed E-state index contributed by atoms with van der Waals surface area (Å²) in [6.07, 6.45) is -8.05. The quantitative estimate of drug-likeness (QED) is 0.188. The number of thioether (sulfide) groups is 1. The van der Waals surface area contributed by atoms with E-state index in [-0.39, 0.29) is 41.4 Å². The third-order valence-electron chi connectivity index (χ3n) is 7.15. The molecule has 16 heteroatoms. The SMILES string of the molecule is Cc1ccc(C(C)C)c(N2C(=O)CSC2=NC(=O)Nc2ccc(CCc3ncn(-c4ccc(OC(F)(F)F)cc4)n3)cc2C(F)(F)F)c1. The van der Waals surface area contributed by atoms with Gasteiger partial charge in [0, 0.05) is 6.42 Å². The predicted molar refractivity (Wildman–Crippen MR) is 169 cm³/mol. The molecule has 1 aliphatic rings. The number of amides is 3. The first kappa shape index (κ1) is 34.5. The summed E-state index contributed by atoms with van der Waals surface area (Å²) in [5.74, 6) is -0.343. The zero-order valence-electron chi connectivity index (χ0n) is 25.7. The molecule has 0 radical (unpaired) electrons. The van der Waals surface area contributed by atoms with E-state index < -0.39 is 35.6 Å². The Balaban J connectivity index is 1.29. The second-order valence-electron chi connectivity index (χ2n) is 11.1. The summed E-state index contributed by atoms with van der Waals surface area (Å²) in [5.41, 5.74) is 1.42. The first-order chi connectivity index (χ1) is 22.6. The lowest BCUT2D eigenvalue weighted by Gasteiger charge is -2.22. The molecule has 0 unspecified atom stereocenters. The normalized spacial score (nSPS) is 14.7. The maximum Gasteiger partial charge on any atom is 0.573 e. The number of hydrogen-bond acceptors (Lipinski definition) is 6. The summed E-state index contributed by atoms with van der Waals surface area (Å²) in [6.45, 7) is 5.78. The molecule has 9 nitrogen and oxygen atoms in total. The van der Waals surface area contributed by atoms with Crippen LogP contribution in [0.25, 0.3) is 5.69 Å². The van der Waals surface area contributed by atoms with Crippen LogP contribution in [-0.2, 0) is 23.8 Å². The van der Waals surface area contributed by atoms with Crippen LogP contribution >= 0.6 is 11.8 Å². The lowest BCUT2D eigenvalue weighted by atomic mass is 9.99. The van der Waals surface area contributed by atoms with Crippen LogP contribution in [0.2, 0.25) is 0 Å². The number of nitrogens with zero attached hydrogens (tertiary/aromatic N) is 5. The summed E-state index contributed by atoms with van der Waals surface area (Å²) in [7, 11) is 0. The number of halogens is 6. The van der Waals surface area contributed by atoms with Gasteiger partial charge < -0.3 is 10.1 Å². The van der Waals surface area contributed by atoms with Crippen LogP contribution in [0.15, 0.2) is 72.0 Å². The fourth-order valence-electron chi connectivity index (χ4n) is 4.93. The van der Waals surface area contributed by atoms with Crippen molar-refractivity contribution < 1.29 is 40.7 Å². The van der Waals surface area contributed by atoms with E-state index in [1.54, 1.807) is 6.07 Å². The van der Waals surface area contributed by atoms with Crippen molar-refractivity contribution in [1.29, 1.82) is 0 Å². The average molecular weight is 691 g/mol. The zero-order chi connectivity index (χ0) is 34.8. The van der Waals surface area contributed by atoms with E-state index in [9.17, 15) is 35.9 Å². The van der Waals surface area contributed by atoms with Crippen molar-refractivity contribution in [1.82, 2.24) is 14.8 Å². The molecule has 3 aromatic carbocycles. The van der Waals surface area contributed by atoms with Crippen molar-refractivity contribution in [2.45, 2.75) is 52.1 Å². The van der Waals surface area contributed by atoms with Crippen LogP contribution in [0.5, 0.6) is 5.75 Å². The molecule has 0 spiro atoms. The van der Waals surface area contributed by atoms with Gasteiger partial charge >= 0.3 is 18.6 Å². The maximum absolute atomic E-state index is 14.1. The van der Waals surface area contributed by atoms with E-state index in [0.717, 1.165) is 47.2 Å². The van der Waals surface area contributed by atoms with Gasteiger partial charge in [-0.2, -0.15) is 23.3 Å². The Morgan fingerprint density at radius 1 is 1.02 bits per heavy atom. The van der Waals surface area contributed by atoms with Gasteiger partial charge in [-0.3, -0.25) is 9.69 Å². The fraction of sp³-hybridized carbons (Fsp3) is 0.281. The first-order valence-electron chi connectivity index (χ1n) is 14.5. The molecule has 1 saturated heterocycles. The van der Waals surface area contributed by atoms with E-state index >= 15 is 0 Å². The number of nitrogens with one attached hydrogen (secondary N) is 1. The number of anilines is 2. The lowest BCUT2D eigenvalue weighted by molar-refractivity contribution is -0.274. The molecule has 0 atom stereocenters. The van der Waals surface area contributed by atoms with E-state index in [0.29, 0.717) is 16.9 Å². The van der Waals surface area contributed by atoms with Crippen LogP contribution < -0.4 is 15.0 Å². The third-order valence-corrected chi connectivity index (χ3v) is 8.08. The Morgan fingerprint density at radius 3 is 2.42 bits per heavy atom. The Kier molecular flexibility index (Phi) is 9.84. The summed E-state index contributed by atoms with van der Waals surface area (Å²) in [4.78, 5) is 35.2. The molecule has 0 bridgehead atoms. The summed E-state index contributed by atoms with van der Waals surface area (Å²) in [6, 6.07) is 12.9. The van der Waals surface area contributed by atoms with Crippen molar-refractivity contribution in [2.24, 2.45) is 4.99 Å². The molecule has 4 aromatic rings. The second-order valence-corrected chi connectivity index (χ2v) is 12.0. The number of aromatic nitrogens is 3. The van der Waals surface area contributed by atoms with Crippen molar-refractivity contribution in [3.63, 3.8) is 0 Å². The number of urea groups is 1. The minimum atomic E-state index is -4.83. The predicted octanol–water partition coefficient (Wildman–Crippen LogP) is 8.07. The van der Waals surface area contributed by atoms with Crippen molar-refractivity contribution >= 4 is 40.2 Å². The van der Waals surface area contributed by atoms with Crippen LogP contribution in [0.1, 0.15) is 47.8 Å². The molecular weight excluding hydrogens is 662 g/mol. The standard InChI is InChI=1S/C32H28F6N6O3S/c1-18(2)23-11-4-19(3)14-26(23)44-28(45)16-48-30(44)41-29(46)40-25-12-5-20(15-24(25)31(33,34)35)6-13-27-39-17-43(42-27)21-7-9-22(10-8-21)47-32(36,37)38/h4-5,7-12,14-15,17-18H,6,13,16H2,1-3H3,(H,40,46). The van der Waals surface area contributed by atoms with Crippen molar-refractivity contribution in [3.05, 3.63) is 95.1 Å². The second kappa shape index (κ2) is 13.7. The van der Waals surface area contributed by atoms with Gasteiger partial charge in [-0.15, -0.1) is 13.2 Å². The molecule has 1 aromatic heterocycles. The van der Waals surface area contributed by atoms with Gasteiger partial charge in [0.1, 0.15) is 12.1 Å². The number of ether oxygens (including phenoxy) is 1. The monoisotopic (exact) mass is 690 g/mol. The highest BCUT2D eigenvalue weighted by Crippen LogP contribution is 2.37. The van der Waals surface area contributed by atoms with Crippen LogP contribution in [0.4, 0.5) is 42.5 Å². The highest BCUT2D eigenvalue weighted by atomic mass is 32.2. The lowest BCUT2D eigenvalue weighted by Crippen LogP contribution is -2.31. The van der Waals surface area contributed by atoms with Gasteiger partial charge in [0.25, 0.3) is 0 Å². The number of rotatable bonds is 8. The molecular formula is C32H28F6N6O3S. The Hall–Kier alpha value is -4.86. The molecule has 0 aliphatic carbocycles. The number of hydrogen-bond donors (Lipinski definition) is 1. The third kappa shape index (κ3) is 8.34. The van der Waals surface area contributed by atoms with Gasteiger partial charge in [-0.1, -0.05) is 43.8 Å². The van der Waals surface area contributed by atoms with Crippen LogP contribution in [-0.4, -0.2) is 44.0 Å². The molecule has 0 saturated carbocycles. The van der Waals surface area contributed by atoms with Gasteiger partial charge in [0.2, 0.25) is 5.91 Å². The molecule has 1 fully saturated rings. The topological polar surface area (TPSA) is 102 Å². The molecule has 48 heavy (non-hydrogen) atoms. The fourth-order valence-corrected chi connectivity index (χ4v) is 5.79. The average Bonchev–Trinajstić information content (AvgIpc) is 3.61. The van der Waals surface area contributed by atoms with E-state index in [1.807, 2.05) is 32.9 Å². The van der Waals surface area contributed by atoms with Gasteiger partial charge in [-0.25, -0.2) is 14.5 Å². The molecule has 1 N–H and O–H groups in total. The summed E-state index contributed by atoms with van der Waals surface area (Å²) >= 11 is 1.02. The number of aryl methyl sites for hydroxylation is 3. The number of alkyl halides is 6. The largest absolute Gasteiger partial charge is 0.573 e. The van der Waals surface area contributed by atoms with Crippen molar-refractivity contribution in [2.75, 3.05) is 16.0 Å². The number of carbonyl (C=O) groups is 2. The highest BCUT2D eigenvalue weighted by molar-refractivity contribution is 8.15. The first-order valence-corrected chi connectivity index (χ1v) is 15.5. The number of amidine groups is 1. The Labute approximate surface area is 275 Å². The molecule has 252 valence electrons. The van der Waals surface area contributed by atoms with Gasteiger partial charge in [0.05, 0.1) is 28.4 Å². The summed E-state index contributed by atoms with van der Waals surface area (Å²) in [5, 5.41) is 6.53. The molecule has 1 aliphatic heterocycles. The van der Waals surface area contributed by atoms with Crippen LogP contribution in [0.3, 0.4) is 0 Å². The highest BCUT2D eigenvalue weighted by Gasteiger charge is 2.36. The van der Waals surface area contributed by atoms with Crippen molar-refractivity contribution in [3.8, 4) is 11.4 Å². The van der Waals surface area contributed by atoms with E-state index in [1.165, 1.54) is 34.1 Å². The van der Waals surface area contributed by atoms with Gasteiger partial charge in [0.15, 0.2) is 11.0 Å². The summed E-state index contributed by atoms with van der Waals surface area (Å²) < 4.78 is 84.7. The van der Waals surface area contributed by atoms with Crippen LogP contribution in [0, 0.1) is 6.92 Å². The molecule has 2 heterocycles. The minimum Gasteiger partial charge on any atom is -0.406 e. The molecule has 3 amide bonds.